The fraction of sp³-hybridized carbons (Fsp3) is 0.600. The minimum atomic E-state index is -1.98. The Morgan fingerprint density at radius 2 is 1.51 bits per heavy atom. The fourth-order valence-corrected chi connectivity index (χ4v) is 4.82. The number of nitrogens with two attached hydrogens (primary N) is 1. The summed E-state index contributed by atoms with van der Waals surface area (Å²) in [5.41, 5.74) is 5.13. The summed E-state index contributed by atoms with van der Waals surface area (Å²) in [7, 11) is 0. The van der Waals surface area contributed by atoms with Crippen LogP contribution in [-0.2, 0) is 49.5 Å². The van der Waals surface area contributed by atoms with Crippen molar-refractivity contribution in [1.29, 1.82) is 0 Å². The van der Waals surface area contributed by atoms with Crippen LogP contribution in [0.3, 0.4) is 0 Å². The topological polar surface area (TPSA) is 161 Å². The second-order valence-corrected chi connectivity index (χ2v) is 10.7. The van der Waals surface area contributed by atoms with Gasteiger partial charge in [-0.3, -0.25) is 14.4 Å². The number of hydrogen-bond donors (Lipinski definition) is 2. The first kappa shape index (κ1) is 33.1. The van der Waals surface area contributed by atoms with Crippen molar-refractivity contribution in [2.45, 2.75) is 52.0 Å². The molecule has 14 heteroatoms. The van der Waals surface area contributed by atoms with Crippen LogP contribution in [0, 0.1) is 29.6 Å². The molecule has 3 N–H and O–H groups in total. The summed E-state index contributed by atoms with van der Waals surface area (Å²) in [6, 6.07) is 4.78. The number of carbonyl (C=O) groups excluding carboxylic acids is 4. The lowest BCUT2D eigenvalue weighted by molar-refractivity contribution is -0.181. The Morgan fingerprint density at radius 1 is 0.949 bits per heavy atom. The van der Waals surface area contributed by atoms with E-state index >= 15 is 0 Å². The van der Waals surface area contributed by atoms with E-state index in [1.807, 2.05) is 0 Å². The summed E-state index contributed by atoms with van der Waals surface area (Å²) >= 11 is 12.0. The number of fused-ring (bicyclic) bond motifs is 1. The molecule has 218 valence electrons. The van der Waals surface area contributed by atoms with E-state index in [4.69, 9.17) is 52.6 Å². The Morgan fingerprint density at radius 3 is 2.05 bits per heavy atom. The average molecular weight is 613 g/mol. The van der Waals surface area contributed by atoms with Gasteiger partial charge < -0.3 is 34.5 Å². The van der Waals surface area contributed by atoms with E-state index < -0.39 is 84.8 Å². The number of ether oxygens (including phenoxy) is 5. The maximum Gasteiger partial charge on any atom is 0.332 e. The summed E-state index contributed by atoms with van der Waals surface area (Å²) in [5, 5.41) is 11.6. The van der Waals surface area contributed by atoms with Gasteiger partial charge in [0.15, 0.2) is 0 Å². The Balaban J connectivity index is 0.00000533. The van der Waals surface area contributed by atoms with Crippen molar-refractivity contribution in [3.8, 4) is 0 Å². The van der Waals surface area contributed by atoms with Crippen molar-refractivity contribution in [2.75, 3.05) is 13.6 Å². The van der Waals surface area contributed by atoms with E-state index in [2.05, 4.69) is 0 Å². The minimum absolute atomic E-state index is 0. The van der Waals surface area contributed by atoms with Gasteiger partial charge in [-0.25, -0.2) is 4.79 Å². The molecule has 0 saturated heterocycles. The van der Waals surface area contributed by atoms with Crippen molar-refractivity contribution in [2.24, 2.45) is 35.3 Å². The molecule has 2 aliphatic carbocycles. The van der Waals surface area contributed by atoms with Gasteiger partial charge in [0.25, 0.3) is 0 Å². The molecule has 0 aliphatic heterocycles. The van der Waals surface area contributed by atoms with E-state index in [0.717, 1.165) is 0 Å². The summed E-state index contributed by atoms with van der Waals surface area (Å²) in [4.78, 5) is 49.2. The number of rotatable bonds is 11. The summed E-state index contributed by atoms with van der Waals surface area (Å²) < 4.78 is 25.8. The molecule has 0 aromatic heterocycles. The third-order valence-corrected chi connectivity index (χ3v) is 7.32. The maximum atomic E-state index is 13.2. The molecule has 1 aromatic rings. The monoisotopic (exact) mass is 611 g/mol. The third-order valence-electron chi connectivity index (χ3n) is 6.58. The number of hydrogen-bond acceptors (Lipinski definition) is 11. The largest absolute Gasteiger partial charge is 0.428 e. The average Bonchev–Trinajstić information content (AvgIpc) is 3.57. The van der Waals surface area contributed by atoms with Crippen molar-refractivity contribution in [3.63, 3.8) is 0 Å². The van der Waals surface area contributed by atoms with Crippen LogP contribution in [0.4, 0.5) is 0 Å². The number of benzene rings is 1. The van der Waals surface area contributed by atoms with Crippen LogP contribution < -0.4 is 5.73 Å². The molecule has 2 saturated carbocycles. The number of aliphatic hydroxyl groups is 1. The number of carbonyl (C=O) groups is 4. The number of esters is 4. The SMILES string of the molecule is CC(C)C(=O)OCOC(=O)[C@H]1[C@@H]2[C@H](O)[C@@H](OCc3ccc(Cl)c(Cl)c3)[C@@](N)(C(=O)OCOC(=O)C(C)C)[C@H]12.Cl. The lowest BCUT2D eigenvalue weighted by Gasteiger charge is -2.34. The highest BCUT2D eigenvalue weighted by molar-refractivity contribution is 6.42. The zero-order valence-electron chi connectivity index (χ0n) is 21.8. The molecule has 2 aliphatic rings. The minimum Gasteiger partial charge on any atom is -0.428 e. The second kappa shape index (κ2) is 13.5. The lowest BCUT2D eigenvalue weighted by Crippen LogP contribution is -2.62. The Bertz CT molecular complexity index is 1080. The zero-order chi connectivity index (χ0) is 28.4. The first-order valence-electron chi connectivity index (χ1n) is 12.0. The van der Waals surface area contributed by atoms with Gasteiger partial charge in [0.05, 0.1) is 40.5 Å². The third kappa shape index (κ3) is 7.14. The molecule has 6 atom stereocenters. The lowest BCUT2D eigenvalue weighted by atomic mass is 9.87. The van der Waals surface area contributed by atoms with Crippen LogP contribution in [0.2, 0.25) is 10.0 Å². The maximum absolute atomic E-state index is 13.2. The molecule has 2 fully saturated rings. The van der Waals surface area contributed by atoms with Crippen LogP contribution in [0.5, 0.6) is 0 Å². The summed E-state index contributed by atoms with van der Waals surface area (Å²) in [6.07, 6.45) is -2.61. The van der Waals surface area contributed by atoms with Gasteiger partial charge in [-0.15, -0.1) is 12.4 Å². The Labute approximate surface area is 241 Å². The highest BCUT2D eigenvalue weighted by Crippen LogP contribution is 2.63. The number of halogens is 3. The van der Waals surface area contributed by atoms with Crippen molar-refractivity contribution >= 4 is 59.5 Å². The van der Waals surface area contributed by atoms with Gasteiger partial charge in [-0.05, 0) is 17.7 Å². The van der Waals surface area contributed by atoms with Gasteiger partial charge in [-0.2, -0.15) is 0 Å². The number of aliphatic hydroxyl groups excluding tert-OH is 1. The second-order valence-electron chi connectivity index (χ2n) is 9.90. The standard InChI is InChI=1S/C25H31Cl2NO10.ClH/c1-11(2)21(30)35-9-37-23(32)17-16-18(17)25(28,24(33)38-10-36-22(31)12(3)4)20(19(16)29)34-8-13-5-6-14(26)15(27)7-13;/h5-7,11-12,16-20,29H,8-10,28H2,1-4H3;1H/t16-,17-,18-,19-,20+,25+;/m0./s1. The summed E-state index contributed by atoms with van der Waals surface area (Å²) in [6.45, 7) is 5.05. The van der Waals surface area contributed by atoms with Gasteiger partial charge >= 0.3 is 23.9 Å². The zero-order valence-corrected chi connectivity index (χ0v) is 24.1. The Hall–Kier alpha value is -2.15. The molecular formula is C25H32Cl3NO10. The highest BCUT2D eigenvalue weighted by Gasteiger charge is 2.79. The molecule has 0 spiro atoms. The predicted octanol–water partition coefficient (Wildman–Crippen LogP) is 2.63. The molecule has 11 nitrogen and oxygen atoms in total. The highest BCUT2D eigenvalue weighted by atomic mass is 35.5. The molecule has 0 unspecified atom stereocenters. The van der Waals surface area contributed by atoms with Crippen molar-refractivity contribution < 1.29 is 48.0 Å². The van der Waals surface area contributed by atoms with Crippen molar-refractivity contribution in [3.05, 3.63) is 33.8 Å². The molecule has 0 heterocycles. The van der Waals surface area contributed by atoms with E-state index in [0.29, 0.717) is 10.6 Å². The first-order valence-corrected chi connectivity index (χ1v) is 12.8. The van der Waals surface area contributed by atoms with Gasteiger partial charge in [0.2, 0.25) is 13.6 Å². The molecule has 3 rings (SSSR count). The normalized spacial score (nSPS) is 26.9. The van der Waals surface area contributed by atoms with Crippen LogP contribution in [0.25, 0.3) is 0 Å². The van der Waals surface area contributed by atoms with Gasteiger partial charge in [0.1, 0.15) is 11.6 Å². The molecular weight excluding hydrogens is 581 g/mol. The van der Waals surface area contributed by atoms with E-state index in [-0.39, 0.29) is 24.0 Å². The molecule has 0 bridgehead atoms. The predicted molar refractivity (Wildman–Crippen MR) is 139 cm³/mol. The van der Waals surface area contributed by atoms with Crippen LogP contribution >= 0.6 is 35.6 Å². The van der Waals surface area contributed by atoms with Crippen LogP contribution in [0.1, 0.15) is 33.3 Å². The molecule has 1 aromatic carbocycles. The van der Waals surface area contributed by atoms with Gasteiger partial charge in [0, 0.05) is 11.8 Å². The van der Waals surface area contributed by atoms with Crippen LogP contribution in [-0.4, -0.2) is 60.3 Å². The van der Waals surface area contributed by atoms with Crippen LogP contribution in [0.15, 0.2) is 18.2 Å². The van der Waals surface area contributed by atoms with E-state index in [1.165, 1.54) is 0 Å². The molecule has 0 radical (unpaired) electrons. The quantitative estimate of drug-likeness (QED) is 0.279. The van der Waals surface area contributed by atoms with Crippen molar-refractivity contribution in [1.82, 2.24) is 0 Å². The smallest absolute Gasteiger partial charge is 0.332 e. The van der Waals surface area contributed by atoms with E-state index in [1.54, 1.807) is 45.9 Å². The molecule has 39 heavy (non-hydrogen) atoms. The fourth-order valence-electron chi connectivity index (χ4n) is 4.50. The van der Waals surface area contributed by atoms with E-state index in [9.17, 15) is 24.3 Å². The van der Waals surface area contributed by atoms with Gasteiger partial charge in [-0.1, -0.05) is 57.0 Å². The molecule has 0 amide bonds. The Kier molecular flexibility index (Phi) is 11.4. The first-order chi connectivity index (χ1) is 17.8. The summed E-state index contributed by atoms with van der Waals surface area (Å²) in [5.74, 6) is -6.50.